The van der Waals surface area contributed by atoms with E-state index in [9.17, 15) is 0 Å². The third-order valence-electron chi connectivity index (χ3n) is 3.92. The zero-order valence-corrected chi connectivity index (χ0v) is 14.5. The highest BCUT2D eigenvalue weighted by Gasteiger charge is 2.18. The summed E-state index contributed by atoms with van der Waals surface area (Å²) in [4.78, 5) is 3.26. The third kappa shape index (κ3) is 5.65. The fraction of sp³-hybridized carbons (Fsp3) is 0.588. The van der Waals surface area contributed by atoms with E-state index in [1.54, 1.807) is 0 Å². The lowest BCUT2D eigenvalue weighted by Crippen LogP contribution is -2.51. The number of hydrogen-bond acceptors (Lipinski definition) is 4. The van der Waals surface area contributed by atoms with Gasteiger partial charge in [0.05, 0.1) is 0 Å². The molecule has 3 rings (SSSR count). The summed E-state index contributed by atoms with van der Waals surface area (Å²) in [6.45, 7) is 10.8. The van der Waals surface area contributed by atoms with E-state index in [1.165, 1.54) is 0 Å². The zero-order chi connectivity index (χ0) is 15.8. The summed E-state index contributed by atoms with van der Waals surface area (Å²) in [5, 5.41) is 10.0. The van der Waals surface area contributed by atoms with Gasteiger partial charge in [-0.3, -0.25) is 0 Å². The zero-order valence-electron chi connectivity index (χ0n) is 13.6. The van der Waals surface area contributed by atoms with Gasteiger partial charge >= 0.3 is 0 Å². The molecule has 2 aliphatic heterocycles. The van der Waals surface area contributed by atoms with E-state index >= 15 is 0 Å². The second-order valence-electron chi connectivity index (χ2n) is 6.03. The van der Waals surface area contributed by atoms with Crippen LogP contribution in [0.3, 0.4) is 0 Å². The topological polar surface area (TPSA) is 39.3 Å². The molecule has 0 aromatic heterocycles. The quantitative estimate of drug-likeness (QED) is 0.679. The second-order valence-corrected chi connectivity index (χ2v) is 6.42. The smallest absolute Gasteiger partial charge is 0.109 e. The third-order valence-corrected chi connectivity index (χ3v) is 4.42. The summed E-state index contributed by atoms with van der Waals surface area (Å²) < 4.78 is 0. The summed E-state index contributed by atoms with van der Waals surface area (Å²) in [6.07, 6.45) is 0. The van der Waals surface area contributed by atoms with Crippen LogP contribution in [0.4, 0.5) is 0 Å². The van der Waals surface area contributed by atoms with Crippen molar-refractivity contribution >= 4 is 17.2 Å². The van der Waals surface area contributed by atoms with Crippen molar-refractivity contribution in [2.45, 2.75) is 25.9 Å². The Balaban J connectivity index is 0.000000211. The normalized spacial score (nSPS) is 25.1. The molecule has 0 spiro atoms. The Labute approximate surface area is 139 Å². The first-order chi connectivity index (χ1) is 10.7. The Morgan fingerprint density at radius 2 is 1.77 bits per heavy atom. The number of benzene rings is 1. The van der Waals surface area contributed by atoms with Gasteiger partial charge in [0.15, 0.2) is 0 Å². The summed E-state index contributed by atoms with van der Waals surface area (Å²) in [6, 6.07) is 11.5. The van der Waals surface area contributed by atoms with Gasteiger partial charge in [0.1, 0.15) is 4.99 Å². The molecule has 0 bridgehead atoms. The van der Waals surface area contributed by atoms with Crippen molar-refractivity contribution < 1.29 is 0 Å². The van der Waals surface area contributed by atoms with Gasteiger partial charge in [-0.15, -0.1) is 0 Å². The van der Waals surface area contributed by atoms with Gasteiger partial charge in [-0.25, -0.2) is 0 Å². The van der Waals surface area contributed by atoms with E-state index in [4.69, 9.17) is 12.2 Å². The Kier molecular flexibility index (Phi) is 7.25. The van der Waals surface area contributed by atoms with Crippen molar-refractivity contribution in [1.82, 2.24) is 20.9 Å². The summed E-state index contributed by atoms with van der Waals surface area (Å²) in [5.41, 5.74) is 1.15. The highest BCUT2D eigenvalue weighted by Crippen LogP contribution is 2.08. The van der Waals surface area contributed by atoms with Gasteiger partial charge in [0, 0.05) is 56.9 Å². The van der Waals surface area contributed by atoms with Crippen molar-refractivity contribution in [1.29, 1.82) is 0 Å². The van der Waals surface area contributed by atoms with Crippen LogP contribution in [0.1, 0.15) is 19.4 Å². The number of nitrogens with zero attached hydrogens (tertiary/aromatic N) is 1. The molecule has 0 amide bonds. The standard InChI is InChI=1S/C12H16N2S.C5H12N2/c1-10-9-14(8-7-13-10)12(15)11-5-3-2-4-6-11;1-5-4-6-2-3-7-5/h2-6,10,13H,7-9H2,1H3;5-7H,2-4H2,1H3/t10-;5-/m11/s1. The molecule has 0 unspecified atom stereocenters. The Bertz CT molecular complexity index is 445. The van der Waals surface area contributed by atoms with Crippen LogP contribution in [0.5, 0.6) is 0 Å². The lowest BCUT2D eigenvalue weighted by molar-refractivity contribution is 0.308. The van der Waals surface area contributed by atoms with Crippen molar-refractivity contribution in [3.63, 3.8) is 0 Å². The first-order valence-corrected chi connectivity index (χ1v) is 8.59. The molecule has 4 nitrogen and oxygen atoms in total. The van der Waals surface area contributed by atoms with Gasteiger partial charge < -0.3 is 20.9 Å². The van der Waals surface area contributed by atoms with Crippen LogP contribution in [-0.4, -0.2) is 61.2 Å². The molecule has 2 heterocycles. The molecule has 2 atom stereocenters. The van der Waals surface area contributed by atoms with Crippen LogP contribution in [0, 0.1) is 0 Å². The van der Waals surface area contributed by atoms with Crippen molar-refractivity contribution in [2.75, 3.05) is 39.3 Å². The predicted molar refractivity (Wildman–Crippen MR) is 97.5 cm³/mol. The van der Waals surface area contributed by atoms with E-state index in [-0.39, 0.29) is 0 Å². The van der Waals surface area contributed by atoms with Gasteiger partial charge in [0.2, 0.25) is 0 Å². The van der Waals surface area contributed by atoms with E-state index < -0.39 is 0 Å². The van der Waals surface area contributed by atoms with E-state index in [1.807, 2.05) is 18.2 Å². The second kappa shape index (κ2) is 9.20. The van der Waals surface area contributed by atoms with Gasteiger partial charge in [-0.1, -0.05) is 42.5 Å². The highest BCUT2D eigenvalue weighted by atomic mass is 32.1. The molecule has 0 radical (unpaired) electrons. The maximum Gasteiger partial charge on any atom is 0.109 e. The van der Waals surface area contributed by atoms with Crippen molar-refractivity contribution in [2.24, 2.45) is 0 Å². The molecule has 2 fully saturated rings. The molecular formula is C17H28N4S. The number of hydrogen-bond donors (Lipinski definition) is 3. The van der Waals surface area contributed by atoms with Crippen molar-refractivity contribution in [3.8, 4) is 0 Å². The minimum Gasteiger partial charge on any atom is -0.359 e. The predicted octanol–water partition coefficient (Wildman–Crippen LogP) is 1.22. The molecule has 1 aromatic carbocycles. The first kappa shape index (κ1) is 17.3. The van der Waals surface area contributed by atoms with Crippen LogP contribution >= 0.6 is 12.2 Å². The minimum atomic E-state index is 0.528. The summed E-state index contributed by atoms with van der Waals surface area (Å²) in [7, 11) is 0. The van der Waals surface area contributed by atoms with E-state index in [0.717, 1.165) is 49.8 Å². The molecule has 0 saturated carbocycles. The molecule has 2 saturated heterocycles. The monoisotopic (exact) mass is 320 g/mol. The number of nitrogens with one attached hydrogen (secondary N) is 3. The largest absolute Gasteiger partial charge is 0.359 e. The number of piperazine rings is 2. The van der Waals surface area contributed by atoms with Crippen LogP contribution in [0.25, 0.3) is 0 Å². The molecule has 1 aromatic rings. The van der Waals surface area contributed by atoms with Crippen molar-refractivity contribution in [3.05, 3.63) is 35.9 Å². The molecular weight excluding hydrogens is 292 g/mol. The maximum absolute atomic E-state index is 5.49. The fourth-order valence-electron chi connectivity index (χ4n) is 2.68. The fourth-order valence-corrected chi connectivity index (χ4v) is 2.98. The number of rotatable bonds is 1. The lowest BCUT2D eigenvalue weighted by Gasteiger charge is -2.33. The summed E-state index contributed by atoms with van der Waals surface area (Å²) in [5.74, 6) is 0. The van der Waals surface area contributed by atoms with Crippen LogP contribution in [-0.2, 0) is 0 Å². The molecule has 2 aliphatic rings. The molecule has 0 aliphatic carbocycles. The van der Waals surface area contributed by atoms with E-state index in [2.05, 4.69) is 46.8 Å². The van der Waals surface area contributed by atoms with Crippen LogP contribution in [0.15, 0.2) is 30.3 Å². The average Bonchev–Trinajstić information content (AvgIpc) is 2.56. The maximum atomic E-state index is 5.49. The Hall–Kier alpha value is -1.01. The minimum absolute atomic E-state index is 0.528. The Morgan fingerprint density at radius 3 is 2.32 bits per heavy atom. The molecule has 122 valence electrons. The molecule has 5 heteroatoms. The van der Waals surface area contributed by atoms with Gasteiger partial charge in [-0.05, 0) is 13.8 Å². The lowest BCUT2D eigenvalue weighted by atomic mass is 10.1. The SMILES string of the molecule is C[C@@H]1CN(C(=S)c2ccccc2)CCN1.C[C@@H]1CNCCN1. The summed E-state index contributed by atoms with van der Waals surface area (Å²) >= 11 is 5.49. The Morgan fingerprint density at radius 1 is 1.05 bits per heavy atom. The van der Waals surface area contributed by atoms with Crippen LogP contribution < -0.4 is 16.0 Å². The molecule has 3 N–H and O–H groups in total. The van der Waals surface area contributed by atoms with Gasteiger partial charge in [0.25, 0.3) is 0 Å². The first-order valence-electron chi connectivity index (χ1n) is 8.18. The van der Waals surface area contributed by atoms with E-state index in [0.29, 0.717) is 12.1 Å². The van der Waals surface area contributed by atoms with Crippen LogP contribution in [0.2, 0.25) is 0 Å². The average molecular weight is 321 g/mol. The molecule has 22 heavy (non-hydrogen) atoms. The van der Waals surface area contributed by atoms with Gasteiger partial charge in [-0.2, -0.15) is 0 Å². The number of thiocarbonyl (C=S) groups is 1. The highest BCUT2D eigenvalue weighted by molar-refractivity contribution is 7.80.